The molecular formula is C14H18N4S. The third-order valence-electron chi connectivity index (χ3n) is 2.81. The van der Waals surface area contributed by atoms with Crippen LogP contribution in [0, 0.1) is 0 Å². The molecule has 2 aromatic rings. The third-order valence-corrected chi connectivity index (χ3v) is 3.02. The summed E-state index contributed by atoms with van der Waals surface area (Å²) in [6.45, 7) is 4.24. The van der Waals surface area contributed by atoms with Gasteiger partial charge in [0, 0.05) is 18.7 Å². The number of nitrogens with one attached hydrogen (secondary N) is 2. The van der Waals surface area contributed by atoms with E-state index in [2.05, 4.69) is 29.5 Å². The fourth-order valence-corrected chi connectivity index (χ4v) is 2.10. The van der Waals surface area contributed by atoms with Crippen LogP contribution < -0.4 is 10.6 Å². The summed E-state index contributed by atoms with van der Waals surface area (Å²) >= 11 is 5.29. The zero-order valence-corrected chi connectivity index (χ0v) is 12.2. The second-order valence-electron chi connectivity index (χ2n) is 4.66. The first-order valence-corrected chi connectivity index (χ1v) is 6.63. The summed E-state index contributed by atoms with van der Waals surface area (Å²) in [5.41, 5.74) is 0.964. The Morgan fingerprint density at radius 2 is 1.89 bits per heavy atom. The number of hydrogen-bond donors (Lipinski definition) is 2. The average Bonchev–Trinajstić information content (AvgIpc) is 2.72. The quantitative estimate of drug-likeness (QED) is 0.842. The van der Waals surface area contributed by atoms with Crippen molar-refractivity contribution >= 4 is 28.8 Å². The molecule has 0 saturated carbocycles. The lowest BCUT2D eigenvalue weighted by atomic mass is 10.2. The molecule has 4 nitrogen and oxygen atoms in total. The molecule has 0 aliphatic rings. The Hall–Kier alpha value is -1.88. The molecule has 0 unspecified atom stereocenters. The van der Waals surface area contributed by atoms with Gasteiger partial charge in [-0.15, -0.1) is 0 Å². The van der Waals surface area contributed by atoms with E-state index < -0.39 is 0 Å². The summed E-state index contributed by atoms with van der Waals surface area (Å²) in [5.74, 6) is 2.30. The van der Waals surface area contributed by atoms with E-state index in [4.69, 9.17) is 12.2 Å². The molecule has 0 saturated heterocycles. The van der Waals surface area contributed by atoms with E-state index in [1.807, 2.05) is 41.9 Å². The Bertz CT molecular complexity index is 560. The van der Waals surface area contributed by atoms with Crippen LogP contribution >= 0.6 is 12.2 Å². The molecule has 1 aromatic carbocycles. The van der Waals surface area contributed by atoms with Gasteiger partial charge in [0.15, 0.2) is 5.11 Å². The second kappa shape index (κ2) is 5.84. The minimum atomic E-state index is 0.385. The standard InChI is InChI=1S/C14H18N4S/c1-10(2)13-15-9-12(18(13)3)17-14(19)16-11-7-5-4-6-8-11/h4-10H,1-3H3,(H2,16,17,19). The molecule has 0 fully saturated rings. The van der Waals surface area contributed by atoms with E-state index in [1.54, 1.807) is 6.20 Å². The first-order valence-electron chi connectivity index (χ1n) is 6.22. The number of para-hydroxylation sites is 1. The maximum Gasteiger partial charge on any atom is 0.176 e. The molecule has 5 heteroatoms. The summed E-state index contributed by atoms with van der Waals surface area (Å²) in [4.78, 5) is 4.39. The Morgan fingerprint density at radius 3 is 2.47 bits per heavy atom. The predicted molar refractivity (Wildman–Crippen MR) is 83.6 cm³/mol. The third kappa shape index (κ3) is 3.32. The molecule has 0 spiro atoms. The van der Waals surface area contributed by atoms with Gasteiger partial charge in [0.1, 0.15) is 11.6 Å². The van der Waals surface area contributed by atoms with Crippen molar-refractivity contribution in [3.05, 3.63) is 42.4 Å². The lowest BCUT2D eigenvalue weighted by Gasteiger charge is -2.12. The molecule has 0 aliphatic heterocycles. The maximum absolute atomic E-state index is 5.29. The van der Waals surface area contributed by atoms with Crippen molar-refractivity contribution < 1.29 is 0 Å². The zero-order valence-electron chi connectivity index (χ0n) is 11.3. The number of rotatable bonds is 3. The maximum atomic E-state index is 5.29. The van der Waals surface area contributed by atoms with Gasteiger partial charge in [0.25, 0.3) is 0 Å². The number of aromatic nitrogens is 2. The van der Waals surface area contributed by atoms with Crippen molar-refractivity contribution in [2.75, 3.05) is 10.6 Å². The summed E-state index contributed by atoms with van der Waals surface area (Å²) in [5, 5.41) is 6.85. The smallest absolute Gasteiger partial charge is 0.176 e. The van der Waals surface area contributed by atoms with Crippen LogP contribution in [0.15, 0.2) is 36.5 Å². The largest absolute Gasteiger partial charge is 0.332 e. The van der Waals surface area contributed by atoms with E-state index in [9.17, 15) is 0 Å². The fraction of sp³-hybridized carbons (Fsp3) is 0.286. The molecule has 1 aromatic heterocycles. The molecule has 19 heavy (non-hydrogen) atoms. The van der Waals surface area contributed by atoms with Gasteiger partial charge in [-0.25, -0.2) is 4.98 Å². The van der Waals surface area contributed by atoms with Crippen LogP contribution in [-0.2, 0) is 7.05 Å². The molecule has 0 bridgehead atoms. The highest BCUT2D eigenvalue weighted by Crippen LogP contribution is 2.17. The minimum Gasteiger partial charge on any atom is -0.332 e. The van der Waals surface area contributed by atoms with Crippen LogP contribution in [-0.4, -0.2) is 14.7 Å². The molecule has 1 heterocycles. The Kier molecular flexibility index (Phi) is 4.16. The molecule has 0 atom stereocenters. The van der Waals surface area contributed by atoms with Gasteiger partial charge < -0.3 is 15.2 Å². The predicted octanol–water partition coefficient (Wildman–Crippen LogP) is 3.35. The molecule has 0 radical (unpaired) electrons. The van der Waals surface area contributed by atoms with Gasteiger partial charge in [0.05, 0.1) is 6.20 Å². The second-order valence-corrected chi connectivity index (χ2v) is 5.07. The number of benzene rings is 1. The van der Waals surface area contributed by atoms with Gasteiger partial charge in [-0.2, -0.15) is 0 Å². The monoisotopic (exact) mass is 274 g/mol. The SMILES string of the molecule is CC(C)c1ncc(NC(=S)Nc2ccccc2)n1C. The lowest BCUT2D eigenvalue weighted by molar-refractivity contribution is 0.715. The molecule has 100 valence electrons. The molecular weight excluding hydrogens is 256 g/mol. The number of hydrogen-bond acceptors (Lipinski definition) is 2. The van der Waals surface area contributed by atoms with E-state index in [0.717, 1.165) is 17.3 Å². The van der Waals surface area contributed by atoms with Gasteiger partial charge in [-0.1, -0.05) is 32.0 Å². The van der Waals surface area contributed by atoms with Crippen LogP contribution in [0.1, 0.15) is 25.6 Å². The van der Waals surface area contributed by atoms with Crippen molar-refractivity contribution in [1.29, 1.82) is 0 Å². The first-order chi connectivity index (χ1) is 9.08. The first kappa shape index (κ1) is 13.5. The van der Waals surface area contributed by atoms with Crippen LogP contribution in [0.25, 0.3) is 0 Å². The number of nitrogens with zero attached hydrogens (tertiary/aromatic N) is 2. The molecule has 2 N–H and O–H groups in total. The Balaban J connectivity index is 2.03. The highest BCUT2D eigenvalue weighted by molar-refractivity contribution is 7.80. The van der Waals surface area contributed by atoms with E-state index in [0.29, 0.717) is 11.0 Å². The topological polar surface area (TPSA) is 41.9 Å². The average molecular weight is 274 g/mol. The highest BCUT2D eigenvalue weighted by Gasteiger charge is 2.10. The number of imidazole rings is 1. The van der Waals surface area contributed by atoms with E-state index in [1.165, 1.54) is 0 Å². The Labute approximate surface area is 118 Å². The van der Waals surface area contributed by atoms with Crippen molar-refractivity contribution in [2.24, 2.45) is 7.05 Å². The summed E-state index contributed by atoms with van der Waals surface area (Å²) < 4.78 is 2.02. The normalized spacial score (nSPS) is 10.5. The van der Waals surface area contributed by atoms with E-state index >= 15 is 0 Å². The van der Waals surface area contributed by atoms with E-state index in [-0.39, 0.29) is 0 Å². The van der Waals surface area contributed by atoms with Crippen LogP contribution in [0.5, 0.6) is 0 Å². The van der Waals surface area contributed by atoms with Gasteiger partial charge in [-0.05, 0) is 24.4 Å². The number of thiocarbonyl (C=S) groups is 1. The number of anilines is 2. The summed E-state index contributed by atoms with van der Waals surface area (Å²) in [6, 6.07) is 9.84. The van der Waals surface area contributed by atoms with Crippen molar-refractivity contribution in [3.8, 4) is 0 Å². The van der Waals surface area contributed by atoms with Crippen molar-refractivity contribution in [2.45, 2.75) is 19.8 Å². The summed E-state index contributed by atoms with van der Waals surface area (Å²) in [7, 11) is 1.98. The molecule has 0 aliphatic carbocycles. The van der Waals surface area contributed by atoms with Crippen LogP contribution in [0.3, 0.4) is 0 Å². The highest BCUT2D eigenvalue weighted by atomic mass is 32.1. The minimum absolute atomic E-state index is 0.385. The van der Waals surface area contributed by atoms with Gasteiger partial charge in [-0.3, -0.25) is 0 Å². The van der Waals surface area contributed by atoms with Gasteiger partial charge >= 0.3 is 0 Å². The van der Waals surface area contributed by atoms with Crippen molar-refractivity contribution in [1.82, 2.24) is 9.55 Å². The van der Waals surface area contributed by atoms with Crippen molar-refractivity contribution in [3.63, 3.8) is 0 Å². The van der Waals surface area contributed by atoms with Crippen LogP contribution in [0.2, 0.25) is 0 Å². The zero-order chi connectivity index (χ0) is 13.8. The van der Waals surface area contributed by atoms with Gasteiger partial charge in [0.2, 0.25) is 0 Å². The summed E-state index contributed by atoms with van der Waals surface area (Å²) in [6.07, 6.45) is 1.80. The molecule has 2 rings (SSSR count). The molecule has 0 amide bonds. The fourth-order valence-electron chi connectivity index (χ4n) is 1.88. The Morgan fingerprint density at radius 1 is 1.21 bits per heavy atom. The van der Waals surface area contributed by atoms with Crippen LogP contribution in [0.4, 0.5) is 11.5 Å². The lowest BCUT2D eigenvalue weighted by Crippen LogP contribution is -2.20.